The third-order valence-corrected chi connectivity index (χ3v) is 6.59. The van der Waals surface area contributed by atoms with Crippen LogP contribution in [-0.2, 0) is 0 Å². The molecule has 6 rings (SSSR count). The highest BCUT2D eigenvalue weighted by Gasteiger charge is 2.45. The van der Waals surface area contributed by atoms with Crippen molar-refractivity contribution in [1.29, 1.82) is 5.26 Å². The van der Waals surface area contributed by atoms with Crippen LogP contribution >= 0.6 is 0 Å². The summed E-state index contributed by atoms with van der Waals surface area (Å²) in [6.45, 7) is 0. The van der Waals surface area contributed by atoms with E-state index in [1.807, 2.05) is 17.0 Å². The van der Waals surface area contributed by atoms with Crippen molar-refractivity contribution in [3.05, 3.63) is 48.3 Å². The molecule has 1 unspecified atom stereocenters. The van der Waals surface area contributed by atoms with Gasteiger partial charge in [-0.15, -0.1) is 0 Å². The van der Waals surface area contributed by atoms with Crippen LogP contribution < -0.4 is 5.73 Å². The lowest BCUT2D eigenvalue weighted by Crippen LogP contribution is -2.46. The molecule has 0 radical (unpaired) electrons. The lowest BCUT2D eigenvalue weighted by Gasteiger charge is -2.38. The number of nitrogens with two attached hydrogens (primary N) is 1. The highest BCUT2D eigenvalue weighted by atomic mass is 16.2. The SMILES string of the molecule is N#Cc1ncc(-c2cnn3c(N)cc(C4C[C@H]5CC[C@@H](C4)N5C(=O)c4ncn[nH]4)nc23)cn1. The molecule has 2 fully saturated rings. The van der Waals surface area contributed by atoms with E-state index >= 15 is 0 Å². The number of hydrogen-bond acceptors (Lipinski definition) is 9. The van der Waals surface area contributed by atoms with Gasteiger partial charge in [-0.1, -0.05) is 0 Å². The van der Waals surface area contributed by atoms with Gasteiger partial charge in [-0.3, -0.25) is 9.89 Å². The Labute approximate surface area is 187 Å². The first kappa shape index (κ1) is 19.3. The number of nitriles is 1. The Morgan fingerprint density at radius 1 is 1.15 bits per heavy atom. The Kier molecular flexibility index (Phi) is 4.29. The standard InChI is InChI=1S/C21H19N11O/c22-6-18-24-7-12(8-25-18)15-9-28-32-17(23)5-16(29-20(15)32)11-3-13-1-2-14(4-11)31(13)21(33)19-26-10-27-30-19/h5,7-11,13-14H,1-4,23H2,(H,26,27,30)/t11?,13-,14+. The van der Waals surface area contributed by atoms with Gasteiger partial charge < -0.3 is 10.6 Å². The molecule has 1 amide bonds. The number of nitrogen functional groups attached to an aromatic ring is 1. The minimum absolute atomic E-state index is 0.0970. The quantitative estimate of drug-likeness (QED) is 0.476. The van der Waals surface area contributed by atoms with E-state index < -0.39 is 0 Å². The molecule has 0 aliphatic carbocycles. The van der Waals surface area contributed by atoms with Gasteiger partial charge in [-0.2, -0.15) is 20.0 Å². The number of H-pyrrole nitrogens is 1. The van der Waals surface area contributed by atoms with Crippen molar-refractivity contribution in [2.24, 2.45) is 0 Å². The molecule has 2 saturated heterocycles. The molecule has 2 aliphatic rings. The second-order valence-corrected chi connectivity index (χ2v) is 8.41. The highest BCUT2D eigenvalue weighted by molar-refractivity contribution is 5.91. The summed E-state index contributed by atoms with van der Waals surface area (Å²) in [5.41, 5.74) is 9.29. The molecule has 164 valence electrons. The smallest absolute Gasteiger partial charge is 0.291 e. The molecule has 12 nitrogen and oxygen atoms in total. The fraction of sp³-hybridized carbons (Fsp3) is 0.333. The van der Waals surface area contributed by atoms with Gasteiger partial charge >= 0.3 is 0 Å². The van der Waals surface area contributed by atoms with Crippen LogP contribution in [0.25, 0.3) is 16.8 Å². The van der Waals surface area contributed by atoms with Gasteiger partial charge in [0, 0.05) is 53.3 Å². The maximum Gasteiger partial charge on any atom is 0.291 e. The summed E-state index contributed by atoms with van der Waals surface area (Å²) in [4.78, 5) is 31.9. The summed E-state index contributed by atoms with van der Waals surface area (Å²) in [6.07, 6.45) is 9.73. The molecule has 3 atom stereocenters. The number of aromatic nitrogens is 8. The second kappa shape index (κ2) is 7.33. The Morgan fingerprint density at radius 3 is 2.58 bits per heavy atom. The molecule has 4 aromatic heterocycles. The van der Waals surface area contributed by atoms with Crippen molar-refractivity contribution in [2.75, 3.05) is 5.73 Å². The van der Waals surface area contributed by atoms with Crippen LogP contribution in [0, 0.1) is 11.3 Å². The van der Waals surface area contributed by atoms with Crippen molar-refractivity contribution in [2.45, 2.75) is 43.7 Å². The van der Waals surface area contributed by atoms with Crippen molar-refractivity contribution in [3.8, 4) is 17.2 Å². The molecule has 4 aromatic rings. The summed E-state index contributed by atoms with van der Waals surface area (Å²) < 4.78 is 1.59. The number of carbonyl (C=O) groups excluding carboxylic acids is 1. The van der Waals surface area contributed by atoms with Crippen LogP contribution in [0.15, 0.2) is 31.0 Å². The average Bonchev–Trinajstić information content (AvgIpc) is 3.57. The minimum atomic E-state index is -0.0970. The van der Waals surface area contributed by atoms with Crippen LogP contribution in [0.1, 0.15) is 53.7 Å². The van der Waals surface area contributed by atoms with E-state index in [4.69, 9.17) is 16.0 Å². The third kappa shape index (κ3) is 3.08. The van der Waals surface area contributed by atoms with E-state index in [1.54, 1.807) is 23.1 Å². The van der Waals surface area contributed by atoms with Crippen molar-refractivity contribution in [1.82, 2.24) is 44.6 Å². The van der Waals surface area contributed by atoms with E-state index in [9.17, 15) is 4.79 Å². The number of nitrogens with zero attached hydrogens (tertiary/aromatic N) is 9. The van der Waals surface area contributed by atoms with E-state index in [1.165, 1.54) is 6.33 Å². The molecule has 2 aliphatic heterocycles. The van der Waals surface area contributed by atoms with Crippen LogP contribution in [-0.4, -0.2) is 62.6 Å². The summed E-state index contributed by atoms with van der Waals surface area (Å²) in [5, 5.41) is 19.8. The normalized spacial score (nSPS) is 21.9. The van der Waals surface area contributed by atoms with Gasteiger partial charge in [0.25, 0.3) is 5.91 Å². The average molecular weight is 441 g/mol. The second-order valence-electron chi connectivity index (χ2n) is 8.41. The number of amides is 1. The maximum atomic E-state index is 12.9. The summed E-state index contributed by atoms with van der Waals surface area (Å²) in [6, 6.07) is 4.04. The van der Waals surface area contributed by atoms with E-state index in [0.29, 0.717) is 17.0 Å². The van der Waals surface area contributed by atoms with Gasteiger partial charge in [-0.25, -0.2) is 19.9 Å². The van der Waals surface area contributed by atoms with Crippen LogP contribution in [0.4, 0.5) is 5.82 Å². The van der Waals surface area contributed by atoms with E-state index in [2.05, 4.69) is 30.2 Å². The van der Waals surface area contributed by atoms with Crippen LogP contribution in [0.5, 0.6) is 0 Å². The number of aromatic amines is 1. The van der Waals surface area contributed by atoms with Gasteiger partial charge in [0.2, 0.25) is 11.6 Å². The number of piperidine rings is 1. The molecule has 0 spiro atoms. The number of carbonyl (C=O) groups is 1. The predicted molar refractivity (Wildman–Crippen MR) is 114 cm³/mol. The van der Waals surface area contributed by atoms with Crippen LogP contribution in [0.3, 0.4) is 0 Å². The summed E-state index contributed by atoms with van der Waals surface area (Å²) in [7, 11) is 0. The Hall–Kier alpha value is -4.40. The number of rotatable bonds is 3. The molecular formula is C21H19N11O. The topological polar surface area (TPSA) is 168 Å². The zero-order valence-electron chi connectivity index (χ0n) is 17.5. The zero-order chi connectivity index (χ0) is 22.5. The van der Waals surface area contributed by atoms with Crippen molar-refractivity contribution in [3.63, 3.8) is 0 Å². The Bertz CT molecular complexity index is 1370. The van der Waals surface area contributed by atoms with Gasteiger partial charge in [0.05, 0.1) is 6.20 Å². The number of nitrogens with one attached hydrogen (secondary N) is 1. The molecule has 33 heavy (non-hydrogen) atoms. The fourth-order valence-corrected chi connectivity index (χ4v) is 5.12. The highest BCUT2D eigenvalue weighted by Crippen LogP contribution is 2.43. The lowest BCUT2D eigenvalue weighted by molar-refractivity contribution is 0.0557. The molecular weight excluding hydrogens is 422 g/mol. The largest absolute Gasteiger partial charge is 0.384 e. The predicted octanol–water partition coefficient (Wildman–Crippen LogP) is 1.31. The molecule has 0 saturated carbocycles. The summed E-state index contributed by atoms with van der Waals surface area (Å²) in [5.74, 6) is 0.949. The van der Waals surface area contributed by atoms with Gasteiger partial charge in [0.15, 0.2) is 5.65 Å². The van der Waals surface area contributed by atoms with E-state index in [-0.39, 0.29) is 35.6 Å². The fourth-order valence-electron chi connectivity index (χ4n) is 5.12. The Balaban J connectivity index is 1.32. The van der Waals surface area contributed by atoms with Crippen molar-refractivity contribution < 1.29 is 4.79 Å². The molecule has 2 bridgehead atoms. The lowest BCUT2D eigenvalue weighted by atomic mass is 9.87. The number of anilines is 1. The van der Waals surface area contributed by atoms with Gasteiger partial charge in [0.1, 0.15) is 18.2 Å². The third-order valence-electron chi connectivity index (χ3n) is 6.59. The number of fused-ring (bicyclic) bond motifs is 3. The van der Waals surface area contributed by atoms with E-state index in [0.717, 1.165) is 36.9 Å². The molecule has 0 aromatic carbocycles. The van der Waals surface area contributed by atoms with Crippen molar-refractivity contribution >= 4 is 17.4 Å². The summed E-state index contributed by atoms with van der Waals surface area (Å²) >= 11 is 0. The van der Waals surface area contributed by atoms with Gasteiger partial charge in [-0.05, 0) is 25.7 Å². The number of hydrogen-bond donors (Lipinski definition) is 2. The first-order chi connectivity index (χ1) is 16.1. The Morgan fingerprint density at radius 2 is 1.91 bits per heavy atom. The molecule has 3 N–H and O–H groups in total. The van der Waals surface area contributed by atoms with Crippen LogP contribution in [0.2, 0.25) is 0 Å². The first-order valence-electron chi connectivity index (χ1n) is 10.7. The maximum absolute atomic E-state index is 12.9. The zero-order valence-corrected chi connectivity index (χ0v) is 17.5. The molecule has 12 heteroatoms. The molecule has 6 heterocycles. The minimum Gasteiger partial charge on any atom is -0.384 e. The first-order valence-corrected chi connectivity index (χ1v) is 10.7. The monoisotopic (exact) mass is 441 g/mol.